The second-order valence-electron chi connectivity index (χ2n) is 7.55. The fourth-order valence-corrected chi connectivity index (χ4v) is 4.55. The van der Waals surface area contributed by atoms with Gasteiger partial charge < -0.3 is 16.0 Å². The first-order valence-electron chi connectivity index (χ1n) is 9.95. The quantitative estimate of drug-likeness (QED) is 0.557. The SMILES string of the molecule is NC(=O)S(=O)(=O)N=C(C1CCC(NC(=O)[CH]c2ccccc2)CC1)N1CCCC1. The second-order valence-corrected chi connectivity index (χ2v) is 9.08. The molecule has 1 radical (unpaired) electrons. The zero-order chi connectivity index (χ0) is 20.9. The number of nitrogens with two attached hydrogens (primary N) is 1. The molecule has 2 fully saturated rings. The van der Waals surface area contributed by atoms with E-state index in [1.807, 2.05) is 35.2 Å². The van der Waals surface area contributed by atoms with Crippen molar-refractivity contribution in [1.82, 2.24) is 10.2 Å². The lowest BCUT2D eigenvalue weighted by Gasteiger charge is -2.33. The topological polar surface area (TPSA) is 122 Å². The number of hydrogen-bond donors (Lipinski definition) is 2. The lowest BCUT2D eigenvalue weighted by molar-refractivity contribution is -0.118. The zero-order valence-corrected chi connectivity index (χ0v) is 17.1. The first-order valence-corrected chi connectivity index (χ1v) is 11.4. The Morgan fingerprint density at radius 1 is 1.07 bits per heavy atom. The Morgan fingerprint density at radius 3 is 2.28 bits per heavy atom. The summed E-state index contributed by atoms with van der Waals surface area (Å²) in [7, 11) is -4.34. The monoisotopic (exact) mass is 419 g/mol. The van der Waals surface area contributed by atoms with Crippen molar-refractivity contribution in [2.75, 3.05) is 13.1 Å². The van der Waals surface area contributed by atoms with Crippen LogP contribution < -0.4 is 11.1 Å². The van der Waals surface area contributed by atoms with Gasteiger partial charge in [0, 0.05) is 25.0 Å². The highest BCUT2D eigenvalue weighted by Gasteiger charge is 2.32. The highest BCUT2D eigenvalue weighted by Crippen LogP contribution is 2.29. The molecule has 3 N–H and O–H groups in total. The first kappa shape index (κ1) is 21.3. The van der Waals surface area contributed by atoms with E-state index in [0.717, 1.165) is 44.3 Å². The Labute approximate surface area is 171 Å². The summed E-state index contributed by atoms with van der Waals surface area (Å²) < 4.78 is 27.7. The van der Waals surface area contributed by atoms with Crippen LogP contribution in [0.15, 0.2) is 34.7 Å². The average molecular weight is 420 g/mol. The summed E-state index contributed by atoms with van der Waals surface area (Å²) in [6.07, 6.45) is 6.35. The molecule has 2 aliphatic rings. The third-order valence-corrected chi connectivity index (χ3v) is 6.37. The van der Waals surface area contributed by atoms with Gasteiger partial charge in [-0.2, -0.15) is 8.42 Å². The molecule has 0 spiro atoms. The summed E-state index contributed by atoms with van der Waals surface area (Å²) in [5.41, 5.74) is 5.83. The van der Waals surface area contributed by atoms with E-state index in [2.05, 4.69) is 9.71 Å². The molecule has 1 aromatic rings. The molecule has 29 heavy (non-hydrogen) atoms. The number of primary amides is 1. The maximum atomic E-state index is 12.2. The van der Waals surface area contributed by atoms with E-state index in [1.165, 1.54) is 0 Å². The van der Waals surface area contributed by atoms with Crippen molar-refractivity contribution < 1.29 is 18.0 Å². The zero-order valence-electron chi connectivity index (χ0n) is 16.3. The summed E-state index contributed by atoms with van der Waals surface area (Å²) in [5.74, 6) is 0.250. The minimum absolute atomic E-state index is 0.0336. The van der Waals surface area contributed by atoms with Gasteiger partial charge >= 0.3 is 15.3 Å². The molecule has 0 unspecified atom stereocenters. The molecule has 3 rings (SSSR count). The Hall–Kier alpha value is -2.42. The van der Waals surface area contributed by atoms with Gasteiger partial charge in [-0.3, -0.25) is 9.59 Å². The maximum absolute atomic E-state index is 12.2. The van der Waals surface area contributed by atoms with Crippen molar-refractivity contribution in [3.63, 3.8) is 0 Å². The second kappa shape index (κ2) is 9.39. The van der Waals surface area contributed by atoms with Crippen LogP contribution in [0.3, 0.4) is 0 Å². The number of hydrogen-bond acceptors (Lipinski definition) is 4. The Kier molecular flexibility index (Phi) is 6.89. The number of amidine groups is 1. The smallest absolute Gasteiger partial charge is 0.356 e. The van der Waals surface area contributed by atoms with Crippen molar-refractivity contribution >= 4 is 27.0 Å². The number of nitrogens with zero attached hydrogens (tertiary/aromatic N) is 2. The molecule has 1 aliphatic heterocycles. The van der Waals surface area contributed by atoms with E-state index < -0.39 is 15.3 Å². The van der Waals surface area contributed by atoms with Gasteiger partial charge in [0.1, 0.15) is 5.84 Å². The molecule has 0 aromatic heterocycles. The van der Waals surface area contributed by atoms with Crippen molar-refractivity contribution in [3.05, 3.63) is 42.3 Å². The maximum Gasteiger partial charge on any atom is 0.356 e. The molecule has 9 heteroatoms. The van der Waals surface area contributed by atoms with Crippen LogP contribution in [0.1, 0.15) is 44.1 Å². The summed E-state index contributed by atoms with van der Waals surface area (Å²) in [6, 6.07) is 9.43. The molecule has 157 valence electrons. The van der Waals surface area contributed by atoms with Gasteiger partial charge in [0.2, 0.25) is 5.91 Å². The number of carbonyl (C=O) groups excluding carboxylic acids is 2. The average Bonchev–Trinajstić information content (AvgIpc) is 3.22. The molecule has 0 atom stereocenters. The highest BCUT2D eigenvalue weighted by molar-refractivity contribution is 8.04. The van der Waals surface area contributed by atoms with Crippen molar-refractivity contribution in [2.24, 2.45) is 16.0 Å². The van der Waals surface area contributed by atoms with Crippen molar-refractivity contribution in [1.29, 1.82) is 0 Å². The molecule has 1 saturated carbocycles. The number of benzene rings is 1. The fourth-order valence-electron chi connectivity index (χ4n) is 3.94. The van der Waals surface area contributed by atoms with Crippen LogP contribution in [0.5, 0.6) is 0 Å². The minimum atomic E-state index is -4.34. The molecule has 1 heterocycles. The summed E-state index contributed by atoms with van der Waals surface area (Å²) in [6.45, 7) is 1.46. The third kappa shape index (κ3) is 5.79. The molecule has 1 aromatic carbocycles. The predicted octanol–water partition coefficient (Wildman–Crippen LogP) is 1.82. The lowest BCUT2D eigenvalue weighted by Crippen LogP contribution is -2.42. The van der Waals surface area contributed by atoms with Gasteiger partial charge in [-0.05, 0) is 44.1 Å². The fraction of sp³-hybridized carbons (Fsp3) is 0.500. The van der Waals surface area contributed by atoms with Crippen LogP contribution in [0, 0.1) is 12.3 Å². The number of carbonyl (C=O) groups is 2. The molecular weight excluding hydrogens is 392 g/mol. The van der Waals surface area contributed by atoms with Gasteiger partial charge in [0.15, 0.2) is 0 Å². The van der Waals surface area contributed by atoms with Gasteiger partial charge in [-0.25, -0.2) is 0 Å². The molecule has 1 saturated heterocycles. The van der Waals surface area contributed by atoms with E-state index in [-0.39, 0.29) is 17.9 Å². The number of likely N-dealkylation sites (tertiary alicyclic amines) is 1. The Morgan fingerprint density at radius 2 is 1.69 bits per heavy atom. The summed E-state index contributed by atoms with van der Waals surface area (Å²) in [5, 5.41) is 1.60. The Balaban J connectivity index is 1.60. The van der Waals surface area contributed by atoms with E-state index >= 15 is 0 Å². The van der Waals surface area contributed by atoms with Crippen LogP contribution in [0.4, 0.5) is 4.79 Å². The van der Waals surface area contributed by atoms with Gasteiger partial charge in [0.05, 0.1) is 6.42 Å². The van der Waals surface area contributed by atoms with E-state index in [9.17, 15) is 18.0 Å². The standard InChI is InChI=1S/C20H27N4O4S/c21-20(26)29(27,28)23-19(24-12-4-5-13-24)16-8-10-17(11-9-16)22-18(25)14-15-6-2-1-3-7-15/h1-3,6-7,14,16-17H,4-5,8-13H2,(H2,21,26)(H,22,25). The van der Waals surface area contributed by atoms with Crippen LogP contribution >= 0.6 is 0 Å². The molecule has 1 aliphatic carbocycles. The number of sulfonamides is 1. The van der Waals surface area contributed by atoms with Gasteiger partial charge in [0.25, 0.3) is 0 Å². The van der Waals surface area contributed by atoms with E-state index in [0.29, 0.717) is 18.7 Å². The number of nitrogens with one attached hydrogen (secondary N) is 1. The minimum Gasteiger partial charge on any atom is -0.359 e. The highest BCUT2D eigenvalue weighted by atomic mass is 32.2. The van der Waals surface area contributed by atoms with E-state index in [1.54, 1.807) is 6.42 Å². The van der Waals surface area contributed by atoms with E-state index in [4.69, 9.17) is 5.73 Å². The number of rotatable bonds is 5. The van der Waals surface area contributed by atoms with Gasteiger partial charge in [-0.1, -0.05) is 30.3 Å². The molecule has 8 nitrogen and oxygen atoms in total. The lowest BCUT2D eigenvalue weighted by atomic mass is 9.84. The number of amides is 2. The first-order chi connectivity index (χ1) is 13.8. The van der Waals surface area contributed by atoms with Crippen molar-refractivity contribution in [2.45, 2.75) is 44.6 Å². The van der Waals surface area contributed by atoms with Crippen LogP contribution in [-0.4, -0.2) is 49.4 Å². The van der Waals surface area contributed by atoms with Gasteiger partial charge in [-0.15, -0.1) is 4.40 Å². The molecule has 2 amide bonds. The van der Waals surface area contributed by atoms with Crippen LogP contribution in [0.25, 0.3) is 0 Å². The summed E-state index contributed by atoms with van der Waals surface area (Å²) in [4.78, 5) is 25.4. The Bertz CT molecular complexity index is 856. The summed E-state index contributed by atoms with van der Waals surface area (Å²) >= 11 is 0. The molecule has 0 bridgehead atoms. The largest absolute Gasteiger partial charge is 0.359 e. The normalized spacial score (nSPS) is 23.0. The van der Waals surface area contributed by atoms with Crippen LogP contribution in [0.2, 0.25) is 0 Å². The van der Waals surface area contributed by atoms with Crippen molar-refractivity contribution in [3.8, 4) is 0 Å². The predicted molar refractivity (Wildman–Crippen MR) is 110 cm³/mol. The third-order valence-electron chi connectivity index (χ3n) is 5.43. The van der Waals surface area contributed by atoms with Crippen LogP contribution in [-0.2, 0) is 14.8 Å². The molecular formula is C20H27N4O4S.